The lowest BCUT2D eigenvalue weighted by Gasteiger charge is -2.21. The number of nitrogens with one attached hydrogen (secondary N) is 1. The molecule has 0 heterocycles. The van der Waals surface area contributed by atoms with Gasteiger partial charge in [-0.25, -0.2) is 0 Å². The number of hydrogen-bond acceptors (Lipinski definition) is 3. The van der Waals surface area contributed by atoms with Crippen LogP contribution < -0.4 is 5.32 Å². The van der Waals surface area contributed by atoms with Crippen molar-refractivity contribution in [3.05, 3.63) is 28.2 Å². The maximum absolute atomic E-state index is 8.94. The average Bonchev–Trinajstić information content (AvgIpc) is 2.29. The molecule has 0 aliphatic heterocycles. The Hall–Kier alpha value is -0.0300. The van der Waals surface area contributed by atoms with Crippen LogP contribution in [0.5, 0.6) is 0 Å². The third-order valence-corrected chi connectivity index (χ3v) is 4.85. The predicted molar refractivity (Wildman–Crippen MR) is 87.8 cm³/mol. The molecule has 0 fully saturated rings. The van der Waals surface area contributed by atoms with Gasteiger partial charge in [0.25, 0.3) is 0 Å². The molecule has 0 amide bonds. The van der Waals surface area contributed by atoms with Crippen LogP contribution in [0.25, 0.3) is 0 Å². The molecule has 0 saturated carbocycles. The fraction of sp³-hybridized carbons (Fsp3) is 0.600. The Morgan fingerprint density at radius 1 is 1.37 bits per heavy atom. The van der Waals surface area contributed by atoms with Crippen LogP contribution in [-0.2, 0) is 6.54 Å². The summed E-state index contributed by atoms with van der Waals surface area (Å²) in [5, 5.41) is 12.9. The summed E-state index contributed by atoms with van der Waals surface area (Å²) in [5.41, 5.74) is 1.41. The van der Waals surface area contributed by atoms with E-state index in [1.165, 1.54) is 10.5 Å². The van der Waals surface area contributed by atoms with E-state index in [1.54, 1.807) is 11.8 Å². The SMILES string of the molecule is CC(CCO)Sc1ccc(CNC(C)(C)C)cc1Br. The Bertz CT molecular complexity index is 404. The molecule has 108 valence electrons. The van der Waals surface area contributed by atoms with Gasteiger partial charge in [0.1, 0.15) is 0 Å². The maximum Gasteiger partial charge on any atom is 0.0441 e. The zero-order valence-corrected chi connectivity index (χ0v) is 14.6. The van der Waals surface area contributed by atoms with Crippen LogP contribution >= 0.6 is 27.7 Å². The quantitative estimate of drug-likeness (QED) is 0.757. The number of benzene rings is 1. The Labute approximate surface area is 129 Å². The number of aliphatic hydroxyl groups excluding tert-OH is 1. The van der Waals surface area contributed by atoms with E-state index in [2.05, 4.69) is 67.1 Å². The number of aliphatic hydroxyl groups is 1. The molecule has 1 atom stereocenters. The van der Waals surface area contributed by atoms with Gasteiger partial charge in [-0.1, -0.05) is 13.0 Å². The summed E-state index contributed by atoms with van der Waals surface area (Å²) < 4.78 is 1.13. The normalized spacial score (nSPS) is 13.6. The van der Waals surface area contributed by atoms with Crippen LogP contribution in [0.2, 0.25) is 0 Å². The monoisotopic (exact) mass is 345 g/mol. The molecule has 0 bridgehead atoms. The van der Waals surface area contributed by atoms with Crippen LogP contribution in [-0.4, -0.2) is 22.5 Å². The van der Waals surface area contributed by atoms with Gasteiger partial charge in [-0.05, 0) is 60.8 Å². The van der Waals surface area contributed by atoms with Gasteiger partial charge < -0.3 is 10.4 Å². The van der Waals surface area contributed by atoms with Crippen molar-refractivity contribution >= 4 is 27.7 Å². The van der Waals surface area contributed by atoms with E-state index < -0.39 is 0 Å². The number of halogens is 1. The van der Waals surface area contributed by atoms with E-state index in [0.29, 0.717) is 5.25 Å². The molecular formula is C15H24BrNOS. The highest BCUT2D eigenvalue weighted by Gasteiger charge is 2.10. The zero-order valence-electron chi connectivity index (χ0n) is 12.2. The minimum Gasteiger partial charge on any atom is -0.396 e. The first-order valence-electron chi connectivity index (χ1n) is 6.63. The largest absolute Gasteiger partial charge is 0.396 e. The van der Waals surface area contributed by atoms with Crippen molar-refractivity contribution in [1.82, 2.24) is 5.32 Å². The van der Waals surface area contributed by atoms with Gasteiger partial charge in [0.2, 0.25) is 0 Å². The summed E-state index contributed by atoms with van der Waals surface area (Å²) in [4.78, 5) is 1.24. The lowest BCUT2D eigenvalue weighted by atomic mass is 10.1. The van der Waals surface area contributed by atoms with Crippen molar-refractivity contribution in [3.63, 3.8) is 0 Å². The number of rotatable bonds is 6. The minimum absolute atomic E-state index is 0.134. The molecule has 1 rings (SSSR count). The Morgan fingerprint density at radius 2 is 2.05 bits per heavy atom. The van der Waals surface area contributed by atoms with E-state index in [1.807, 2.05) is 0 Å². The molecule has 1 unspecified atom stereocenters. The fourth-order valence-corrected chi connectivity index (χ4v) is 3.26. The second-order valence-corrected chi connectivity index (χ2v) is 8.14. The first kappa shape index (κ1) is 17.0. The predicted octanol–water partition coefficient (Wildman–Crippen LogP) is 4.20. The first-order valence-corrected chi connectivity index (χ1v) is 8.30. The van der Waals surface area contributed by atoms with Gasteiger partial charge in [-0.2, -0.15) is 0 Å². The molecule has 2 nitrogen and oxygen atoms in total. The van der Waals surface area contributed by atoms with Crippen LogP contribution in [0.1, 0.15) is 39.7 Å². The second-order valence-electron chi connectivity index (χ2n) is 5.81. The van der Waals surface area contributed by atoms with Crippen molar-refractivity contribution < 1.29 is 5.11 Å². The maximum atomic E-state index is 8.94. The van der Waals surface area contributed by atoms with Crippen LogP contribution in [0, 0.1) is 0 Å². The Kier molecular flexibility index (Phi) is 6.87. The molecule has 0 aliphatic rings. The van der Waals surface area contributed by atoms with E-state index >= 15 is 0 Å². The number of hydrogen-bond donors (Lipinski definition) is 2. The summed E-state index contributed by atoms with van der Waals surface area (Å²) in [6, 6.07) is 6.49. The lowest BCUT2D eigenvalue weighted by molar-refractivity contribution is 0.289. The van der Waals surface area contributed by atoms with Gasteiger partial charge in [0, 0.05) is 33.3 Å². The Balaban J connectivity index is 2.64. The van der Waals surface area contributed by atoms with Crippen molar-refractivity contribution in [1.29, 1.82) is 0 Å². The third kappa shape index (κ3) is 6.80. The average molecular weight is 346 g/mol. The van der Waals surface area contributed by atoms with Crippen LogP contribution in [0.4, 0.5) is 0 Å². The summed E-state index contributed by atoms with van der Waals surface area (Å²) in [6.07, 6.45) is 0.824. The van der Waals surface area contributed by atoms with Gasteiger partial charge in [-0.15, -0.1) is 11.8 Å². The molecule has 1 aromatic carbocycles. The molecule has 0 aliphatic carbocycles. The first-order chi connectivity index (χ1) is 8.81. The van der Waals surface area contributed by atoms with Gasteiger partial charge >= 0.3 is 0 Å². The third-order valence-electron chi connectivity index (χ3n) is 2.68. The summed E-state index contributed by atoms with van der Waals surface area (Å²) >= 11 is 5.44. The van der Waals surface area contributed by atoms with E-state index in [-0.39, 0.29) is 12.1 Å². The Morgan fingerprint density at radius 3 is 2.58 bits per heavy atom. The molecule has 1 aromatic rings. The standard InChI is InChI=1S/C15H24BrNOS/c1-11(7-8-18)19-14-6-5-12(9-13(14)16)10-17-15(2,3)4/h5-6,9,11,17-18H,7-8,10H2,1-4H3. The highest BCUT2D eigenvalue weighted by molar-refractivity contribution is 9.10. The number of thioether (sulfide) groups is 1. The molecular weight excluding hydrogens is 322 g/mol. The van der Waals surface area contributed by atoms with E-state index in [4.69, 9.17) is 5.11 Å². The zero-order chi connectivity index (χ0) is 14.5. The summed E-state index contributed by atoms with van der Waals surface area (Å²) in [6.45, 7) is 9.77. The fourth-order valence-electron chi connectivity index (χ4n) is 1.57. The van der Waals surface area contributed by atoms with Crippen molar-refractivity contribution in [3.8, 4) is 0 Å². The molecule has 19 heavy (non-hydrogen) atoms. The molecule has 0 spiro atoms. The van der Waals surface area contributed by atoms with Crippen molar-refractivity contribution in [2.24, 2.45) is 0 Å². The smallest absolute Gasteiger partial charge is 0.0441 e. The van der Waals surface area contributed by atoms with Gasteiger partial charge in [0.05, 0.1) is 0 Å². The molecule has 0 radical (unpaired) electrons. The molecule has 0 aromatic heterocycles. The van der Waals surface area contributed by atoms with Crippen LogP contribution in [0.15, 0.2) is 27.6 Å². The minimum atomic E-state index is 0.134. The van der Waals surface area contributed by atoms with E-state index in [0.717, 1.165) is 17.4 Å². The highest BCUT2D eigenvalue weighted by atomic mass is 79.9. The van der Waals surface area contributed by atoms with Gasteiger partial charge in [-0.3, -0.25) is 0 Å². The topological polar surface area (TPSA) is 32.3 Å². The van der Waals surface area contributed by atoms with Crippen molar-refractivity contribution in [2.75, 3.05) is 6.61 Å². The lowest BCUT2D eigenvalue weighted by Crippen LogP contribution is -2.35. The second kappa shape index (κ2) is 7.67. The van der Waals surface area contributed by atoms with Crippen LogP contribution in [0.3, 0.4) is 0 Å². The molecule has 2 N–H and O–H groups in total. The summed E-state index contributed by atoms with van der Waals surface area (Å²) in [5.74, 6) is 0. The van der Waals surface area contributed by atoms with E-state index in [9.17, 15) is 0 Å². The van der Waals surface area contributed by atoms with Gasteiger partial charge in [0.15, 0.2) is 0 Å². The highest BCUT2D eigenvalue weighted by Crippen LogP contribution is 2.32. The molecule has 0 saturated heterocycles. The molecule has 4 heteroatoms. The summed E-state index contributed by atoms with van der Waals surface area (Å²) in [7, 11) is 0. The van der Waals surface area contributed by atoms with Crippen molar-refractivity contribution in [2.45, 2.75) is 56.3 Å².